The summed E-state index contributed by atoms with van der Waals surface area (Å²) in [5.41, 5.74) is 1.49. The number of rotatable bonds is 6. The lowest BCUT2D eigenvalue weighted by Gasteiger charge is -2.29. The lowest BCUT2D eigenvalue weighted by molar-refractivity contribution is 0.288. The van der Waals surface area contributed by atoms with Crippen LogP contribution in [0.15, 0.2) is 18.2 Å². The largest absolute Gasteiger partial charge is 0.490 e. The topological polar surface area (TPSA) is 30.5 Å². The van der Waals surface area contributed by atoms with Gasteiger partial charge in [-0.05, 0) is 44.2 Å². The summed E-state index contributed by atoms with van der Waals surface area (Å²) >= 11 is 0. The van der Waals surface area contributed by atoms with E-state index in [4.69, 9.17) is 9.47 Å². The van der Waals surface area contributed by atoms with Crippen LogP contribution in [-0.4, -0.2) is 19.3 Å². The van der Waals surface area contributed by atoms with Crippen LogP contribution in [0.25, 0.3) is 0 Å². The zero-order valence-corrected chi connectivity index (χ0v) is 13.2. The van der Waals surface area contributed by atoms with Gasteiger partial charge in [0.1, 0.15) is 0 Å². The van der Waals surface area contributed by atoms with Gasteiger partial charge in [-0.1, -0.05) is 20.3 Å². The molecule has 0 aromatic heterocycles. The Morgan fingerprint density at radius 1 is 1.15 bits per heavy atom. The van der Waals surface area contributed by atoms with Gasteiger partial charge in [0.2, 0.25) is 0 Å². The van der Waals surface area contributed by atoms with Gasteiger partial charge in [-0.3, -0.25) is 0 Å². The molecule has 0 heterocycles. The van der Waals surface area contributed by atoms with Crippen molar-refractivity contribution in [3.05, 3.63) is 18.2 Å². The lowest BCUT2D eigenvalue weighted by Crippen LogP contribution is -2.30. The van der Waals surface area contributed by atoms with Crippen LogP contribution in [0.2, 0.25) is 0 Å². The summed E-state index contributed by atoms with van der Waals surface area (Å²) in [6.45, 7) is 9.98. The number of ether oxygens (including phenoxy) is 2. The lowest BCUT2D eigenvalue weighted by atomic mass is 9.87. The Morgan fingerprint density at radius 2 is 1.85 bits per heavy atom. The van der Waals surface area contributed by atoms with Crippen LogP contribution >= 0.6 is 0 Å². The fourth-order valence-electron chi connectivity index (χ4n) is 2.94. The Kier molecular flexibility index (Phi) is 4.79. The molecule has 2 rings (SSSR count). The maximum absolute atomic E-state index is 5.68. The van der Waals surface area contributed by atoms with Crippen LogP contribution in [0.3, 0.4) is 0 Å². The van der Waals surface area contributed by atoms with E-state index >= 15 is 0 Å². The summed E-state index contributed by atoms with van der Waals surface area (Å²) in [5, 5.41) is 3.66. The van der Waals surface area contributed by atoms with Crippen LogP contribution in [0, 0.1) is 5.41 Å². The van der Waals surface area contributed by atoms with E-state index in [1.54, 1.807) is 0 Å². The first-order valence-electron chi connectivity index (χ1n) is 7.73. The minimum absolute atomic E-state index is 0.365. The van der Waals surface area contributed by atoms with E-state index in [1.165, 1.54) is 19.3 Å². The van der Waals surface area contributed by atoms with Crippen LogP contribution in [0.1, 0.15) is 47.0 Å². The monoisotopic (exact) mass is 277 g/mol. The number of anilines is 1. The molecule has 3 heteroatoms. The fraction of sp³-hybridized carbons (Fsp3) is 0.647. The highest BCUT2D eigenvalue weighted by atomic mass is 16.5. The molecular weight excluding hydrogens is 250 g/mol. The van der Waals surface area contributed by atoms with Gasteiger partial charge in [0.05, 0.1) is 13.2 Å². The maximum Gasteiger partial charge on any atom is 0.163 e. The molecule has 1 unspecified atom stereocenters. The van der Waals surface area contributed by atoms with E-state index in [0.717, 1.165) is 17.2 Å². The van der Waals surface area contributed by atoms with Crippen molar-refractivity contribution in [3.8, 4) is 11.5 Å². The molecule has 0 amide bonds. The number of hydrogen-bond donors (Lipinski definition) is 1. The first-order chi connectivity index (χ1) is 9.56. The SMILES string of the molecule is CCOc1ccc(NC2CCCC2(C)C)cc1OCC. The molecule has 1 atom stereocenters. The first kappa shape index (κ1) is 15.0. The molecule has 0 radical (unpaired) electrons. The molecule has 0 spiro atoms. The van der Waals surface area contributed by atoms with E-state index in [9.17, 15) is 0 Å². The van der Waals surface area contributed by atoms with Gasteiger partial charge in [0.25, 0.3) is 0 Å². The van der Waals surface area contributed by atoms with Crippen molar-refractivity contribution >= 4 is 5.69 Å². The predicted molar refractivity (Wildman–Crippen MR) is 83.8 cm³/mol. The van der Waals surface area contributed by atoms with E-state index in [-0.39, 0.29) is 0 Å². The van der Waals surface area contributed by atoms with Crippen molar-refractivity contribution in [2.75, 3.05) is 18.5 Å². The summed E-state index contributed by atoms with van der Waals surface area (Å²) in [4.78, 5) is 0. The summed E-state index contributed by atoms with van der Waals surface area (Å²) in [6.07, 6.45) is 3.84. The zero-order chi connectivity index (χ0) is 14.6. The normalized spacial score (nSPS) is 20.7. The summed E-state index contributed by atoms with van der Waals surface area (Å²) in [6, 6.07) is 6.68. The molecule has 20 heavy (non-hydrogen) atoms. The van der Waals surface area contributed by atoms with Crippen molar-refractivity contribution in [2.45, 2.75) is 53.0 Å². The average molecular weight is 277 g/mol. The second kappa shape index (κ2) is 6.38. The average Bonchev–Trinajstić information content (AvgIpc) is 2.72. The maximum atomic E-state index is 5.68. The van der Waals surface area contributed by atoms with Gasteiger partial charge in [-0.25, -0.2) is 0 Å². The van der Waals surface area contributed by atoms with E-state index in [1.807, 2.05) is 19.9 Å². The second-order valence-corrected chi connectivity index (χ2v) is 6.11. The molecule has 0 bridgehead atoms. The number of hydrogen-bond acceptors (Lipinski definition) is 3. The van der Waals surface area contributed by atoms with Crippen molar-refractivity contribution < 1.29 is 9.47 Å². The number of benzene rings is 1. The third-order valence-electron chi connectivity index (χ3n) is 4.14. The van der Waals surface area contributed by atoms with Crippen LogP contribution in [0.5, 0.6) is 11.5 Å². The minimum Gasteiger partial charge on any atom is -0.490 e. The third kappa shape index (κ3) is 3.38. The van der Waals surface area contributed by atoms with Crippen molar-refractivity contribution in [2.24, 2.45) is 5.41 Å². The molecule has 1 aliphatic carbocycles. The summed E-state index contributed by atoms with van der Waals surface area (Å²) in [5.74, 6) is 1.65. The third-order valence-corrected chi connectivity index (χ3v) is 4.14. The predicted octanol–water partition coefficient (Wildman–Crippen LogP) is 4.47. The highest BCUT2D eigenvalue weighted by Crippen LogP contribution is 2.40. The quantitative estimate of drug-likeness (QED) is 0.832. The highest BCUT2D eigenvalue weighted by Gasteiger charge is 2.34. The van der Waals surface area contributed by atoms with Gasteiger partial charge in [0, 0.05) is 17.8 Å². The molecule has 3 nitrogen and oxygen atoms in total. The van der Waals surface area contributed by atoms with Crippen molar-refractivity contribution in [3.63, 3.8) is 0 Å². The van der Waals surface area contributed by atoms with Gasteiger partial charge in [0.15, 0.2) is 11.5 Å². The van der Waals surface area contributed by atoms with Gasteiger partial charge < -0.3 is 14.8 Å². The summed E-state index contributed by atoms with van der Waals surface area (Å²) in [7, 11) is 0. The summed E-state index contributed by atoms with van der Waals surface area (Å²) < 4.78 is 11.3. The zero-order valence-electron chi connectivity index (χ0n) is 13.2. The van der Waals surface area contributed by atoms with Crippen LogP contribution in [-0.2, 0) is 0 Å². The highest BCUT2D eigenvalue weighted by molar-refractivity contribution is 5.55. The molecule has 0 saturated heterocycles. The Hall–Kier alpha value is -1.38. The van der Waals surface area contributed by atoms with Crippen LogP contribution in [0.4, 0.5) is 5.69 Å². The Morgan fingerprint density at radius 3 is 2.45 bits per heavy atom. The molecular formula is C17H27NO2. The molecule has 1 N–H and O–H groups in total. The molecule has 1 saturated carbocycles. The van der Waals surface area contributed by atoms with Crippen molar-refractivity contribution in [1.29, 1.82) is 0 Å². The minimum atomic E-state index is 0.365. The first-order valence-corrected chi connectivity index (χ1v) is 7.73. The smallest absolute Gasteiger partial charge is 0.163 e. The van der Waals surface area contributed by atoms with Crippen molar-refractivity contribution in [1.82, 2.24) is 0 Å². The Labute approximate surface area is 122 Å². The van der Waals surface area contributed by atoms with Gasteiger partial charge in [-0.15, -0.1) is 0 Å². The van der Waals surface area contributed by atoms with Gasteiger partial charge in [-0.2, -0.15) is 0 Å². The second-order valence-electron chi connectivity index (χ2n) is 6.11. The van der Waals surface area contributed by atoms with Crippen LogP contribution < -0.4 is 14.8 Å². The molecule has 112 valence electrons. The Balaban J connectivity index is 2.14. The van der Waals surface area contributed by atoms with Gasteiger partial charge >= 0.3 is 0 Å². The fourth-order valence-corrected chi connectivity index (χ4v) is 2.94. The molecule has 0 aliphatic heterocycles. The standard InChI is InChI=1S/C17H27NO2/c1-5-19-14-10-9-13(12-15(14)20-6-2)18-16-8-7-11-17(16,3)4/h9-10,12,16,18H,5-8,11H2,1-4H3. The van der Waals surface area contributed by atoms with E-state index in [0.29, 0.717) is 24.7 Å². The molecule has 1 aromatic carbocycles. The van der Waals surface area contributed by atoms with E-state index < -0.39 is 0 Å². The Bertz CT molecular complexity index is 443. The number of nitrogens with one attached hydrogen (secondary N) is 1. The molecule has 1 fully saturated rings. The molecule has 1 aromatic rings. The molecule has 1 aliphatic rings. The van der Waals surface area contributed by atoms with E-state index in [2.05, 4.69) is 31.3 Å².